The van der Waals surface area contributed by atoms with Crippen LogP contribution in [0.4, 0.5) is 24.8 Å². The van der Waals surface area contributed by atoms with Gasteiger partial charge in [0.1, 0.15) is 6.10 Å². The standard InChI is InChI=1S/C26H31F3N4O3/c1-15(12-26(27,28)29)4-9-22(34)36-19-7-5-16(10-19)17-13-30-24(31-14-17)32-18-6-8-20-21(11-18)25(2,3)33-23(20)35/h6,8,11,13-16,19H,4-5,7,9-10,12H2,1-3H3,(H,33,35)(H,30,31,32)/t15-,16-,19+/m1/s1. The lowest BCUT2D eigenvalue weighted by molar-refractivity contribution is -0.152. The molecule has 2 heterocycles. The number of nitrogens with zero attached hydrogens (tertiary/aromatic N) is 2. The Morgan fingerprint density at radius 3 is 2.67 bits per heavy atom. The van der Waals surface area contributed by atoms with Crippen LogP contribution in [0.1, 0.15) is 86.7 Å². The fourth-order valence-electron chi connectivity index (χ4n) is 4.95. The molecule has 1 aromatic carbocycles. The number of hydrogen-bond donors (Lipinski definition) is 2. The number of carbonyl (C=O) groups excluding carboxylic acids is 2. The van der Waals surface area contributed by atoms with Crippen molar-refractivity contribution in [1.82, 2.24) is 15.3 Å². The Bertz CT molecular complexity index is 1120. The van der Waals surface area contributed by atoms with E-state index in [9.17, 15) is 22.8 Å². The number of hydrogen-bond acceptors (Lipinski definition) is 6. The molecule has 4 rings (SSSR count). The maximum Gasteiger partial charge on any atom is 0.389 e. The third kappa shape index (κ3) is 6.33. The third-order valence-corrected chi connectivity index (χ3v) is 6.87. The van der Waals surface area contributed by atoms with Crippen molar-refractivity contribution in [3.63, 3.8) is 0 Å². The van der Waals surface area contributed by atoms with E-state index in [0.717, 1.165) is 23.2 Å². The molecular formula is C26H31F3N4O3. The Hall–Kier alpha value is -3.17. The Kier molecular flexibility index (Phi) is 7.24. The van der Waals surface area contributed by atoms with Gasteiger partial charge in [-0.1, -0.05) is 6.92 Å². The average Bonchev–Trinajstić information content (AvgIpc) is 3.33. The number of anilines is 2. The molecule has 7 nitrogen and oxygen atoms in total. The summed E-state index contributed by atoms with van der Waals surface area (Å²) < 4.78 is 42.8. The summed E-state index contributed by atoms with van der Waals surface area (Å²) in [4.78, 5) is 33.0. The first-order chi connectivity index (χ1) is 16.9. The summed E-state index contributed by atoms with van der Waals surface area (Å²) in [5, 5.41) is 6.13. The van der Waals surface area contributed by atoms with Crippen molar-refractivity contribution in [2.45, 2.75) is 83.0 Å². The lowest BCUT2D eigenvalue weighted by atomic mass is 9.94. The number of ether oxygens (including phenoxy) is 1. The van der Waals surface area contributed by atoms with E-state index in [2.05, 4.69) is 20.6 Å². The van der Waals surface area contributed by atoms with Crippen molar-refractivity contribution in [3.8, 4) is 0 Å². The number of benzene rings is 1. The molecule has 0 bridgehead atoms. The molecule has 0 radical (unpaired) electrons. The van der Waals surface area contributed by atoms with Crippen LogP contribution in [-0.4, -0.2) is 34.1 Å². The molecule has 2 aliphatic rings. The van der Waals surface area contributed by atoms with Gasteiger partial charge in [-0.15, -0.1) is 0 Å². The van der Waals surface area contributed by atoms with Crippen molar-refractivity contribution >= 4 is 23.5 Å². The Morgan fingerprint density at radius 1 is 1.25 bits per heavy atom. The SMILES string of the molecule is C[C@H](CCC(=O)O[C@H]1CC[C@@H](c2cnc(Nc3ccc4c(c3)C(C)(C)NC4=O)nc2)C1)CC(F)(F)F. The van der Waals surface area contributed by atoms with Crippen molar-refractivity contribution in [3.05, 3.63) is 47.3 Å². The summed E-state index contributed by atoms with van der Waals surface area (Å²) >= 11 is 0. The van der Waals surface area contributed by atoms with Crippen LogP contribution < -0.4 is 10.6 Å². The van der Waals surface area contributed by atoms with Gasteiger partial charge in [-0.25, -0.2) is 9.97 Å². The fraction of sp³-hybridized carbons (Fsp3) is 0.538. The van der Waals surface area contributed by atoms with Gasteiger partial charge >= 0.3 is 12.1 Å². The molecule has 36 heavy (non-hydrogen) atoms. The smallest absolute Gasteiger partial charge is 0.389 e. The summed E-state index contributed by atoms with van der Waals surface area (Å²) in [7, 11) is 0. The Labute approximate surface area is 208 Å². The molecule has 194 valence electrons. The minimum absolute atomic E-state index is 0.00795. The summed E-state index contributed by atoms with van der Waals surface area (Å²) in [5.74, 6) is -0.555. The quantitative estimate of drug-likeness (QED) is 0.445. The maximum absolute atomic E-state index is 12.4. The van der Waals surface area contributed by atoms with Gasteiger partial charge in [0.05, 0.1) is 5.54 Å². The van der Waals surface area contributed by atoms with Crippen LogP contribution >= 0.6 is 0 Å². The minimum Gasteiger partial charge on any atom is -0.462 e. The number of rotatable bonds is 8. The summed E-state index contributed by atoms with van der Waals surface area (Å²) in [5.41, 5.74) is 2.86. The zero-order chi connectivity index (χ0) is 26.1. The molecule has 1 amide bonds. The number of amides is 1. The normalized spacial score (nSPS) is 21.6. The van der Waals surface area contributed by atoms with Crippen LogP contribution in [0.5, 0.6) is 0 Å². The molecule has 0 unspecified atom stereocenters. The van der Waals surface area contributed by atoms with E-state index in [1.165, 1.54) is 6.92 Å². The second kappa shape index (κ2) is 10.1. The predicted molar refractivity (Wildman–Crippen MR) is 128 cm³/mol. The van der Waals surface area contributed by atoms with Gasteiger partial charge in [-0.2, -0.15) is 13.2 Å². The van der Waals surface area contributed by atoms with E-state index < -0.39 is 30.0 Å². The van der Waals surface area contributed by atoms with Crippen LogP contribution in [0.2, 0.25) is 0 Å². The monoisotopic (exact) mass is 504 g/mol. The van der Waals surface area contributed by atoms with E-state index in [-0.39, 0.29) is 30.8 Å². The third-order valence-electron chi connectivity index (χ3n) is 6.87. The number of aromatic nitrogens is 2. The molecule has 10 heteroatoms. The van der Waals surface area contributed by atoms with Crippen LogP contribution in [0.3, 0.4) is 0 Å². The second-order valence-electron chi connectivity index (χ2n) is 10.4. The van der Waals surface area contributed by atoms with Crippen molar-refractivity contribution in [2.24, 2.45) is 5.92 Å². The molecule has 2 aromatic rings. The lowest BCUT2D eigenvalue weighted by Gasteiger charge is -2.19. The summed E-state index contributed by atoms with van der Waals surface area (Å²) in [6.07, 6.45) is 0.466. The van der Waals surface area contributed by atoms with E-state index in [4.69, 9.17) is 4.74 Å². The van der Waals surface area contributed by atoms with Crippen LogP contribution in [0.15, 0.2) is 30.6 Å². The molecule has 0 saturated heterocycles. The number of nitrogens with one attached hydrogen (secondary N) is 2. The van der Waals surface area contributed by atoms with Gasteiger partial charge in [0.15, 0.2) is 0 Å². The highest BCUT2D eigenvalue weighted by Gasteiger charge is 2.35. The molecule has 0 spiro atoms. The highest BCUT2D eigenvalue weighted by molar-refractivity contribution is 6.00. The first kappa shape index (κ1) is 25.9. The minimum atomic E-state index is -4.22. The van der Waals surface area contributed by atoms with Gasteiger partial charge in [-0.3, -0.25) is 9.59 Å². The Morgan fingerprint density at radius 2 is 1.97 bits per heavy atom. The zero-order valence-electron chi connectivity index (χ0n) is 20.6. The van der Waals surface area contributed by atoms with E-state index in [0.29, 0.717) is 24.4 Å². The fourth-order valence-corrected chi connectivity index (χ4v) is 4.95. The molecule has 1 saturated carbocycles. The van der Waals surface area contributed by atoms with Crippen LogP contribution in [0, 0.1) is 5.92 Å². The molecule has 1 aliphatic heterocycles. The average molecular weight is 505 g/mol. The summed E-state index contributed by atoms with van der Waals surface area (Å²) in [6.45, 7) is 5.40. The molecular weight excluding hydrogens is 473 g/mol. The predicted octanol–water partition coefficient (Wildman–Crippen LogP) is 5.75. The Balaban J connectivity index is 1.27. The number of fused-ring (bicyclic) bond motifs is 1. The van der Waals surface area contributed by atoms with Crippen molar-refractivity contribution < 1.29 is 27.5 Å². The van der Waals surface area contributed by atoms with Gasteiger partial charge in [0.2, 0.25) is 5.95 Å². The van der Waals surface area contributed by atoms with Crippen LogP contribution in [0.25, 0.3) is 0 Å². The molecule has 1 fully saturated rings. The number of carbonyl (C=O) groups is 2. The molecule has 1 aliphatic carbocycles. The van der Waals surface area contributed by atoms with Crippen molar-refractivity contribution in [2.75, 3.05) is 5.32 Å². The second-order valence-corrected chi connectivity index (χ2v) is 10.4. The highest BCUT2D eigenvalue weighted by atomic mass is 19.4. The molecule has 2 N–H and O–H groups in total. The van der Waals surface area contributed by atoms with E-state index in [1.54, 1.807) is 18.5 Å². The first-order valence-corrected chi connectivity index (χ1v) is 12.2. The van der Waals surface area contributed by atoms with Gasteiger partial charge in [0, 0.05) is 36.5 Å². The number of alkyl halides is 3. The van der Waals surface area contributed by atoms with Crippen molar-refractivity contribution in [1.29, 1.82) is 0 Å². The molecule has 3 atom stereocenters. The summed E-state index contributed by atoms with van der Waals surface area (Å²) in [6, 6.07) is 5.52. The van der Waals surface area contributed by atoms with Crippen LogP contribution in [-0.2, 0) is 15.1 Å². The highest BCUT2D eigenvalue weighted by Crippen LogP contribution is 2.37. The zero-order valence-corrected chi connectivity index (χ0v) is 20.6. The topological polar surface area (TPSA) is 93.2 Å². The number of halogens is 3. The van der Waals surface area contributed by atoms with Gasteiger partial charge < -0.3 is 15.4 Å². The molecule has 1 aromatic heterocycles. The van der Waals surface area contributed by atoms with E-state index in [1.807, 2.05) is 26.0 Å². The van der Waals surface area contributed by atoms with Gasteiger partial charge in [-0.05, 0) is 80.7 Å². The first-order valence-electron chi connectivity index (χ1n) is 12.2. The van der Waals surface area contributed by atoms with Gasteiger partial charge in [0.25, 0.3) is 5.91 Å². The largest absolute Gasteiger partial charge is 0.462 e. The van der Waals surface area contributed by atoms with E-state index >= 15 is 0 Å². The lowest BCUT2D eigenvalue weighted by Crippen LogP contribution is -2.32. The number of esters is 1. The maximum atomic E-state index is 12.4.